The van der Waals surface area contributed by atoms with Crippen molar-refractivity contribution in [3.05, 3.63) is 11.9 Å². The summed E-state index contributed by atoms with van der Waals surface area (Å²) in [5, 5.41) is 19.3. The molecule has 1 aromatic heterocycles. The number of aliphatic hydroxyl groups is 1. The van der Waals surface area contributed by atoms with Crippen LogP contribution in [0.25, 0.3) is 0 Å². The van der Waals surface area contributed by atoms with E-state index in [1.165, 1.54) is 0 Å². The lowest BCUT2D eigenvalue weighted by molar-refractivity contribution is -0.148. The van der Waals surface area contributed by atoms with Crippen LogP contribution in [-0.2, 0) is 21.7 Å². The molecule has 0 spiro atoms. The van der Waals surface area contributed by atoms with E-state index in [-0.39, 0.29) is 5.92 Å². The Balaban J connectivity index is 1.22. The van der Waals surface area contributed by atoms with Gasteiger partial charge in [0.15, 0.2) is 0 Å². The number of aromatic nitrogens is 3. The molecule has 1 aliphatic carbocycles. The summed E-state index contributed by atoms with van der Waals surface area (Å²) < 4.78 is 7.29. The maximum absolute atomic E-state index is 13.0. The minimum absolute atomic E-state index is 0.133. The first kappa shape index (κ1) is 18.5. The fourth-order valence-electron chi connectivity index (χ4n) is 5.66. The molecular weight excluding hydrogens is 358 g/mol. The maximum atomic E-state index is 13.0. The minimum atomic E-state index is -0.778. The van der Waals surface area contributed by atoms with Gasteiger partial charge in [0.05, 0.1) is 31.9 Å². The topological polar surface area (TPSA) is 83.7 Å². The lowest BCUT2D eigenvalue weighted by atomic mass is 9.75. The van der Waals surface area contributed by atoms with Crippen LogP contribution in [0.5, 0.6) is 0 Å². The first-order chi connectivity index (χ1) is 13.6. The number of nitrogens with zero attached hydrogens (tertiary/aromatic N) is 5. The van der Waals surface area contributed by atoms with Crippen molar-refractivity contribution in [1.82, 2.24) is 24.8 Å². The van der Waals surface area contributed by atoms with Gasteiger partial charge in [0.25, 0.3) is 0 Å². The van der Waals surface area contributed by atoms with E-state index in [4.69, 9.17) is 4.74 Å². The van der Waals surface area contributed by atoms with Crippen molar-refractivity contribution in [2.24, 2.45) is 11.8 Å². The highest BCUT2D eigenvalue weighted by Crippen LogP contribution is 2.39. The number of morpholine rings is 1. The van der Waals surface area contributed by atoms with Gasteiger partial charge in [-0.05, 0) is 38.1 Å². The second-order valence-corrected chi connectivity index (χ2v) is 9.04. The van der Waals surface area contributed by atoms with Crippen LogP contribution >= 0.6 is 0 Å². The number of ether oxygens (including phenoxy) is 1. The Morgan fingerprint density at radius 3 is 2.75 bits per heavy atom. The van der Waals surface area contributed by atoms with E-state index in [0.717, 1.165) is 76.9 Å². The highest BCUT2D eigenvalue weighted by molar-refractivity contribution is 5.79. The summed E-state index contributed by atoms with van der Waals surface area (Å²) in [6.07, 6.45) is 7.77. The van der Waals surface area contributed by atoms with Crippen molar-refractivity contribution < 1.29 is 14.6 Å². The lowest BCUT2D eigenvalue weighted by Gasteiger charge is -2.50. The van der Waals surface area contributed by atoms with Crippen LogP contribution in [0, 0.1) is 11.8 Å². The molecule has 4 atom stereocenters. The van der Waals surface area contributed by atoms with E-state index in [1.807, 2.05) is 15.8 Å². The largest absolute Gasteiger partial charge is 0.383 e. The number of hydrogen-bond donors (Lipinski definition) is 1. The van der Waals surface area contributed by atoms with Gasteiger partial charge in [-0.3, -0.25) is 14.4 Å². The number of hydrogen-bond acceptors (Lipinski definition) is 6. The van der Waals surface area contributed by atoms with Crippen molar-refractivity contribution >= 4 is 5.91 Å². The minimum Gasteiger partial charge on any atom is -0.383 e. The van der Waals surface area contributed by atoms with Crippen LogP contribution in [0.2, 0.25) is 0 Å². The Labute approximate surface area is 165 Å². The lowest BCUT2D eigenvalue weighted by Crippen LogP contribution is -2.59. The summed E-state index contributed by atoms with van der Waals surface area (Å²) in [6, 6.07) is 0.403. The number of amides is 1. The average Bonchev–Trinajstić information content (AvgIpc) is 3.39. The number of rotatable bonds is 4. The van der Waals surface area contributed by atoms with Gasteiger partial charge >= 0.3 is 0 Å². The molecule has 2 bridgehead atoms. The monoisotopic (exact) mass is 389 g/mol. The predicted octanol–water partition coefficient (Wildman–Crippen LogP) is 0.609. The fourth-order valence-corrected chi connectivity index (χ4v) is 5.66. The molecule has 6 rings (SSSR count). The summed E-state index contributed by atoms with van der Waals surface area (Å²) in [6.45, 7) is 5.50. The molecule has 8 heteroatoms. The fraction of sp³-hybridized carbons (Fsp3) is 0.850. The molecule has 0 aromatic carbocycles. The molecule has 0 radical (unpaired) electrons. The van der Waals surface area contributed by atoms with E-state index >= 15 is 0 Å². The van der Waals surface area contributed by atoms with Crippen LogP contribution in [0.15, 0.2) is 6.20 Å². The van der Waals surface area contributed by atoms with E-state index < -0.39 is 5.60 Å². The quantitative estimate of drug-likeness (QED) is 0.812. The zero-order valence-electron chi connectivity index (χ0n) is 16.5. The van der Waals surface area contributed by atoms with E-state index in [0.29, 0.717) is 31.1 Å². The van der Waals surface area contributed by atoms with Gasteiger partial charge < -0.3 is 14.7 Å². The van der Waals surface area contributed by atoms with Crippen LogP contribution in [-0.4, -0.2) is 81.2 Å². The molecule has 1 unspecified atom stereocenters. The summed E-state index contributed by atoms with van der Waals surface area (Å²) in [5.74, 6) is 0.920. The van der Waals surface area contributed by atoms with Crippen LogP contribution in [0.3, 0.4) is 0 Å². The van der Waals surface area contributed by atoms with E-state index in [2.05, 4.69) is 15.2 Å². The second-order valence-electron chi connectivity index (χ2n) is 9.04. The van der Waals surface area contributed by atoms with Gasteiger partial charge in [-0.15, -0.1) is 5.10 Å². The van der Waals surface area contributed by atoms with Crippen LogP contribution < -0.4 is 0 Å². The first-order valence-corrected chi connectivity index (χ1v) is 10.9. The molecule has 8 nitrogen and oxygen atoms in total. The Morgan fingerprint density at radius 1 is 1.25 bits per heavy atom. The average molecular weight is 390 g/mol. The van der Waals surface area contributed by atoms with Crippen molar-refractivity contribution in [3.63, 3.8) is 0 Å². The van der Waals surface area contributed by atoms with Crippen LogP contribution in [0.4, 0.5) is 0 Å². The number of piperidine rings is 3. The summed E-state index contributed by atoms with van der Waals surface area (Å²) in [7, 11) is 0. The van der Waals surface area contributed by atoms with Crippen molar-refractivity contribution in [1.29, 1.82) is 0 Å². The zero-order valence-corrected chi connectivity index (χ0v) is 16.5. The number of fused-ring (bicyclic) bond motifs is 3. The predicted molar refractivity (Wildman–Crippen MR) is 101 cm³/mol. The van der Waals surface area contributed by atoms with Gasteiger partial charge in [-0.1, -0.05) is 18.1 Å². The third-order valence-corrected chi connectivity index (χ3v) is 7.36. The van der Waals surface area contributed by atoms with Crippen molar-refractivity contribution in [2.45, 2.75) is 56.7 Å². The van der Waals surface area contributed by atoms with Crippen LogP contribution in [0.1, 0.15) is 44.2 Å². The maximum Gasteiger partial charge on any atom is 0.227 e. The molecule has 154 valence electrons. The highest BCUT2D eigenvalue weighted by atomic mass is 16.5. The van der Waals surface area contributed by atoms with Gasteiger partial charge in [0.2, 0.25) is 5.91 Å². The normalized spacial score (nSPS) is 34.7. The van der Waals surface area contributed by atoms with E-state index in [1.54, 1.807) is 0 Å². The van der Waals surface area contributed by atoms with Crippen molar-refractivity contribution in [3.8, 4) is 0 Å². The van der Waals surface area contributed by atoms with E-state index in [9.17, 15) is 9.90 Å². The zero-order chi connectivity index (χ0) is 19.1. The SMILES string of the molecule is O=C([C@H]1CN2CC[C@@H]1C[C@@H]2Cn1cc(C2(O)CCCC2)nn1)N1CCOCC1. The third-order valence-electron chi connectivity index (χ3n) is 7.36. The van der Waals surface area contributed by atoms with Gasteiger partial charge in [-0.2, -0.15) is 0 Å². The molecule has 1 saturated carbocycles. The Morgan fingerprint density at radius 2 is 2.04 bits per heavy atom. The third kappa shape index (κ3) is 3.35. The molecule has 28 heavy (non-hydrogen) atoms. The van der Waals surface area contributed by atoms with Gasteiger partial charge in [0.1, 0.15) is 11.3 Å². The van der Waals surface area contributed by atoms with Gasteiger partial charge in [-0.25, -0.2) is 0 Å². The Kier molecular flexibility index (Phi) is 4.88. The Bertz CT molecular complexity index is 710. The molecule has 5 aliphatic rings. The van der Waals surface area contributed by atoms with Crippen molar-refractivity contribution in [2.75, 3.05) is 39.4 Å². The molecule has 5 fully saturated rings. The molecule has 1 aromatic rings. The Hall–Kier alpha value is -1.51. The summed E-state index contributed by atoms with van der Waals surface area (Å²) in [5.41, 5.74) is -0.0545. The first-order valence-electron chi connectivity index (χ1n) is 10.9. The molecule has 4 saturated heterocycles. The summed E-state index contributed by atoms with van der Waals surface area (Å²) in [4.78, 5) is 17.4. The second kappa shape index (κ2) is 7.39. The number of carbonyl (C=O) groups is 1. The molecule has 1 amide bonds. The molecule has 4 aliphatic heterocycles. The molecular formula is C20H31N5O3. The standard InChI is InChI=1S/C20H31N5O3/c26-19(23-7-9-28-10-8-23)17-13-24-6-3-15(17)11-16(24)12-25-14-18(21-22-25)20(27)4-1-2-5-20/h14-17,27H,1-13H2/t15-,16-,17+/m1/s1. The molecule has 5 heterocycles. The smallest absolute Gasteiger partial charge is 0.227 e. The number of carbonyl (C=O) groups excluding carboxylic acids is 1. The highest BCUT2D eigenvalue weighted by Gasteiger charge is 2.45. The molecule has 1 N–H and O–H groups in total. The van der Waals surface area contributed by atoms with Gasteiger partial charge in [0, 0.05) is 25.7 Å². The summed E-state index contributed by atoms with van der Waals surface area (Å²) >= 11 is 0.